The van der Waals surface area contributed by atoms with Crippen LogP contribution in [0.3, 0.4) is 0 Å². The fraction of sp³-hybridized carbons (Fsp3) is 0.190. The van der Waals surface area contributed by atoms with Gasteiger partial charge in [-0.15, -0.1) is 0 Å². The summed E-state index contributed by atoms with van der Waals surface area (Å²) in [6.45, 7) is 0.303. The van der Waals surface area contributed by atoms with E-state index < -0.39 is 17.6 Å². The van der Waals surface area contributed by atoms with E-state index in [1.807, 2.05) is 0 Å². The second kappa shape index (κ2) is 9.09. The van der Waals surface area contributed by atoms with Crippen molar-refractivity contribution in [1.82, 2.24) is 10.3 Å². The number of carbonyl (C=O) groups is 2. The maximum absolute atomic E-state index is 13.8. The molecule has 0 aliphatic carbocycles. The van der Waals surface area contributed by atoms with E-state index in [0.29, 0.717) is 12.1 Å². The number of esters is 1. The molecule has 0 radical (unpaired) electrons. The minimum absolute atomic E-state index is 0.102. The summed E-state index contributed by atoms with van der Waals surface area (Å²) < 4.78 is 36.9. The normalized spacial score (nSPS) is 10.6. The van der Waals surface area contributed by atoms with Gasteiger partial charge in [-0.05, 0) is 29.8 Å². The Kier molecular flexibility index (Phi) is 6.33. The van der Waals surface area contributed by atoms with Crippen LogP contribution >= 0.6 is 0 Å². The summed E-state index contributed by atoms with van der Waals surface area (Å²) in [6, 6.07) is 9.86. The summed E-state index contributed by atoms with van der Waals surface area (Å²) in [5, 5.41) is 2.76. The molecular formula is C21H18F2N2O4. The molecule has 150 valence electrons. The van der Waals surface area contributed by atoms with E-state index in [9.17, 15) is 18.4 Å². The average Bonchev–Trinajstić information content (AvgIpc) is 3.19. The van der Waals surface area contributed by atoms with Crippen LogP contribution in [0.5, 0.6) is 0 Å². The van der Waals surface area contributed by atoms with E-state index >= 15 is 0 Å². The van der Waals surface area contributed by atoms with E-state index in [-0.39, 0.29) is 36.0 Å². The van der Waals surface area contributed by atoms with Crippen LogP contribution in [-0.2, 0) is 22.5 Å². The van der Waals surface area contributed by atoms with Gasteiger partial charge in [0.15, 0.2) is 11.7 Å². The smallest absolute Gasteiger partial charge is 0.337 e. The number of amides is 1. The highest BCUT2D eigenvalue weighted by Crippen LogP contribution is 2.24. The van der Waals surface area contributed by atoms with Crippen molar-refractivity contribution < 1.29 is 27.5 Å². The highest BCUT2D eigenvalue weighted by molar-refractivity contribution is 5.89. The molecule has 0 fully saturated rings. The quantitative estimate of drug-likeness (QED) is 0.612. The van der Waals surface area contributed by atoms with E-state index in [2.05, 4.69) is 15.0 Å². The van der Waals surface area contributed by atoms with Crippen LogP contribution in [0.4, 0.5) is 8.78 Å². The van der Waals surface area contributed by atoms with E-state index in [1.165, 1.54) is 19.4 Å². The van der Waals surface area contributed by atoms with Crippen molar-refractivity contribution in [2.24, 2.45) is 0 Å². The number of nitrogens with one attached hydrogen (secondary N) is 1. The third kappa shape index (κ3) is 5.25. The Balaban J connectivity index is 1.50. The van der Waals surface area contributed by atoms with E-state index in [1.54, 1.807) is 24.3 Å². The number of hydrogen-bond donors (Lipinski definition) is 1. The second-order valence-electron chi connectivity index (χ2n) is 6.21. The first-order valence-electron chi connectivity index (χ1n) is 8.80. The van der Waals surface area contributed by atoms with Crippen molar-refractivity contribution in [2.45, 2.75) is 19.4 Å². The van der Waals surface area contributed by atoms with Gasteiger partial charge in [-0.3, -0.25) is 4.79 Å². The standard InChI is InChI=1S/C21H18F2N2O4/c1-28-21(27)14-4-2-13(3-5-14)11-24-19(26)8-9-20-25-12-18(29-20)16-7-6-15(22)10-17(16)23/h2-7,10,12H,8-9,11H2,1H3,(H,24,26). The van der Waals surface area contributed by atoms with E-state index in [0.717, 1.165) is 17.7 Å². The Morgan fingerprint density at radius 2 is 1.90 bits per heavy atom. The van der Waals surface area contributed by atoms with Gasteiger partial charge < -0.3 is 14.5 Å². The van der Waals surface area contributed by atoms with Crippen molar-refractivity contribution in [2.75, 3.05) is 7.11 Å². The first-order valence-corrected chi connectivity index (χ1v) is 8.80. The maximum Gasteiger partial charge on any atom is 0.337 e. The molecule has 3 rings (SSSR count). The number of aryl methyl sites for hydroxylation is 1. The van der Waals surface area contributed by atoms with Crippen molar-refractivity contribution >= 4 is 11.9 Å². The molecule has 0 atom stereocenters. The lowest BCUT2D eigenvalue weighted by atomic mass is 10.1. The van der Waals surface area contributed by atoms with Gasteiger partial charge in [0.25, 0.3) is 0 Å². The lowest BCUT2D eigenvalue weighted by molar-refractivity contribution is -0.121. The molecule has 6 nitrogen and oxygen atoms in total. The van der Waals surface area contributed by atoms with Gasteiger partial charge in [-0.1, -0.05) is 12.1 Å². The number of nitrogens with zero attached hydrogens (tertiary/aromatic N) is 1. The monoisotopic (exact) mass is 400 g/mol. The predicted octanol–water partition coefficient (Wildman–Crippen LogP) is 3.66. The van der Waals surface area contributed by atoms with Gasteiger partial charge in [-0.2, -0.15) is 0 Å². The summed E-state index contributed by atoms with van der Waals surface area (Å²) in [5.41, 5.74) is 1.36. The molecule has 0 saturated carbocycles. The van der Waals surface area contributed by atoms with Crippen LogP contribution in [0, 0.1) is 11.6 Å². The Bertz CT molecular complexity index is 1020. The Hall–Kier alpha value is -3.55. The number of rotatable bonds is 7. The van der Waals surface area contributed by atoms with Crippen molar-refractivity contribution in [3.63, 3.8) is 0 Å². The maximum atomic E-state index is 13.8. The third-order valence-corrected chi connectivity index (χ3v) is 4.18. The summed E-state index contributed by atoms with van der Waals surface area (Å²) in [7, 11) is 1.31. The number of halogens is 2. The van der Waals surface area contributed by atoms with Crippen LogP contribution in [0.15, 0.2) is 53.1 Å². The summed E-state index contributed by atoms with van der Waals surface area (Å²) in [4.78, 5) is 27.4. The highest BCUT2D eigenvalue weighted by atomic mass is 19.1. The molecule has 8 heteroatoms. The highest BCUT2D eigenvalue weighted by Gasteiger charge is 2.13. The third-order valence-electron chi connectivity index (χ3n) is 4.18. The van der Waals surface area contributed by atoms with Crippen molar-refractivity contribution in [1.29, 1.82) is 0 Å². The Labute approximate surface area is 165 Å². The zero-order valence-electron chi connectivity index (χ0n) is 15.6. The fourth-order valence-electron chi connectivity index (χ4n) is 2.63. The lowest BCUT2D eigenvalue weighted by Crippen LogP contribution is -2.23. The molecule has 0 saturated heterocycles. The minimum Gasteiger partial charge on any atom is -0.465 e. The van der Waals surface area contributed by atoms with Crippen LogP contribution in [-0.4, -0.2) is 24.0 Å². The number of carbonyl (C=O) groups excluding carboxylic acids is 2. The number of aromatic nitrogens is 1. The molecule has 1 aromatic heterocycles. The van der Waals surface area contributed by atoms with E-state index in [4.69, 9.17) is 4.42 Å². The van der Waals surface area contributed by atoms with Crippen LogP contribution in [0.2, 0.25) is 0 Å². The van der Waals surface area contributed by atoms with Gasteiger partial charge >= 0.3 is 5.97 Å². The molecule has 0 spiro atoms. The van der Waals surface area contributed by atoms with Gasteiger partial charge in [0, 0.05) is 25.5 Å². The number of oxazole rings is 1. The van der Waals surface area contributed by atoms with Gasteiger partial charge in [0.1, 0.15) is 11.6 Å². The van der Waals surface area contributed by atoms with Gasteiger partial charge in [0.2, 0.25) is 5.91 Å². The lowest BCUT2D eigenvalue weighted by Gasteiger charge is -2.05. The molecule has 1 N–H and O–H groups in total. The number of benzene rings is 2. The largest absolute Gasteiger partial charge is 0.465 e. The topological polar surface area (TPSA) is 81.4 Å². The molecule has 2 aromatic carbocycles. The summed E-state index contributed by atoms with van der Waals surface area (Å²) in [5.74, 6) is -1.61. The molecule has 1 heterocycles. The first kappa shape index (κ1) is 20.2. The van der Waals surface area contributed by atoms with Crippen molar-refractivity contribution in [3.05, 3.63) is 77.3 Å². The molecule has 3 aromatic rings. The summed E-state index contributed by atoms with van der Waals surface area (Å²) >= 11 is 0. The van der Waals surface area contributed by atoms with Gasteiger partial charge in [-0.25, -0.2) is 18.6 Å². The number of methoxy groups -OCH3 is 1. The number of ether oxygens (including phenoxy) is 1. The zero-order valence-corrected chi connectivity index (χ0v) is 15.6. The molecular weight excluding hydrogens is 382 g/mol. The van der Waals surface area contributed by atoms with Crippen LogP contribution < -0.4 is 5.32 Å². The van der Waals surface area contributed by atoms with Crippen LogP contribution in [0.1, 0.15) is 28.2 Å². The second-order valence-corrected chi connectivity index (χ2v) is 6.21. The zero-order chi connectivity index (χ0) is 20.8. The molecule has 0 aliphatic rings. The molecule has 0 unspecified atom stereocenters. The molecule has 1 amide bonds. The van der Waals surface area contributed by atoms with Gasteiger partial charge in [0.05, 0.1) is 24.4 Å². The Morgan fingerprint density at radius 1 is 1.14 bits per heavy atom. The summed E-state index contributed by atoms with van der Waals surface area (Å²) in [6.07, 6.45) is 1.70. The average molecular weight is 400 g/mol. The molecule has 29 heavy (non-hydrogen) atoms. The molecule has 0 bridgehead atoms. The predicted molar refractivity (Wildman–Crippen MR) is 99.8 cm³/mol. The Morgan fingerprint density at radius 3 is 2.59 bits per heavy atom. The van der Waals surface area contributed by atoms with Crippen molar-refractivity contribution in [3.8, 4) is 11.3 Å². The number of hydrogen-bond acceptors (Lipinski definition) is 5. The first-order chi connectivity index (χ1) is 14.0. The fourth-order valence-corrected chi connectivity index (χ4v) is 2.63. The SMILES string of the molecule is COC(=O)c1ccc(CNC(=O)CCc2ncc(-c3ccc(F)cc3F)o2)cc1. The van der Waals surface area contributed by atoms with Crippen LogP contribution in [0.25, 0.3) is 11.3 Å². The molecule has 0 aliphatic heterocycles. The minimum atomic E-state index is -0.747.